The summed E-state index contributed by atoms with van der Waals surface area (Å²) in [6, 6.07) is 53.5. The second-order valence-corrected chi connectivity index (χ2v) is 17.6. The van der Waals surface area contributed by atoms with Crippen molar-refractivity contribution in [3.63, 3.8) is 0 Å². The molecule has 7 aromatic carbocycles. The fourth-order valence-electron chi connectivity index (χ4n) is 8.59. The number of aryl methyl sites for hydroxylation is 2. The maximum Gasteiger partial charge on any atom is 0.100 e. The van der Waals surface area contributed by atoms with E-state index in [0.717, 1.165) is 44.7 Å². The van der Waals surface area contributed by atoms with Gasteiger partial charge in [0.15, 0.2) is 0 Å². The van der Waals surface area contributed by atoms with Gasteiger partial charge in [0, 0.05) is 43.9 Å². The molecule has 0 saturated heterocycles. The fraction of sp³-hybridized carbons (Fsp3) is 0.189. The van der Waals surface area contributed by atoms with Crippen LogP contribution in [0.4, 0.5) is 0 Å². The van der Waals surface area contributed by atoms with Crippen molar-refractivity contribution in [1.29, 1.82) is 5.26 Å². The molecule has 0 bridgehead atoms. The highest BCUT2D eigenvalue weighted by Gasteiger charge is 2.23. The minimum Gasteiger partial charge on any atom is -0.309 e. The van der Waals surface area contributed by atoms with E-state index in [0.29, 0.717) is 5.56 Å². The summed E-state index contributed by atoms with van der Waals surface area (Å²) in [5, 5.41) is 16.0. The molecular formula is C53H47N3. The highest BCUT2D eigenvalue weighted by Crippen LogP contribution is 2.42. The van der Waals surface area contributed by atoms with Crippen molar-refractivity contribution in [3.8, 4) is 39.7 Å². The summed E-state index contributed by atoms with van der Waals surface area (Å²) in [6.45, 7) is 18.0. The molecule has 9 aromatic rings. The number of hydrogen-bond acceptors (Lipinski definition) is 1. The number of benzene rings is 7. The Balaban J connectivity index is 1.24. The van der Waals surface area contributed by atoms with E-state index in [2.05, 4.69) is 210 Å². The second-order valence-electron chi connectivity index (χ2n) is 17.6. The van der Waals surface area contributed by atoms with Crippen LogP contribution >= 0.6 is 0 Å². The van der Waals surface area contributed by atoms with Crippen molar-refractivity contribution in [1.82, 2.24) is 9.13 Å². The highest BCUT2D eigenvalue weighted by molar-refractivity contribution is 6.11. The van der Waals surface area contributed by atoms with Crippen LogP contribution in [0.25, 0.3) is 77.2 Å². The molecule has 0 saturated carbocycles. The van der Waals surface area contributed by atoms with Gasteiger partial charge in [-0.05, 0) is 108 Å². The average molecular weight is 726 g/mol. The largest absolute Gasteiger partial charge is 0.309 e. The van der Waals surface area contributed by atoms with Gasteiger partial charge >= 0.3 is 0 Å². The molecule has 0 spiro atoms. The first-order valence-electron chi connectivity index (χ1n) is 19.7. The van der Waals surface area contributed by atoms with Gasteiger partial charge in [-0.15, -0.1) is 0 Å². The lowest BCUT2D eigenvalue weighted by Crippen LogP contribution is -2.10. The van der Waals surface area contributed by atoms with Gasteiger partial charge in [0.25, 0.3) is 0 Å². The zero-order valence-corrected chi connectivity index (χ0v) is 33.6. The normalized spacial score (nSPS) is 12.3. The van der Waals surface area contributed by atoms with E-state index in [9.17, 15) is 5.26 Å². The molecule has 3 heteroatoms. The van der Waals surface area contributed by atoms with Crippen LogP contribution in [0.2, 0.25) is 0 Å². The maximum absolute atomic E-state index is 11.0. The van der Waals surface area contributed by atoms with Gasteiger partial charge in [-0.1, -0.05) is 125 Å². The average Bonchev–Trinajstić information content (AvgIpc) is 3.68. The lowest BCUT2D eigenvalue weighted by molar-refractivity contribution is 0.590. The number of nitrogens with zero attached hydrogens (tertiary/aromatic N) is 3. The molecule has 0 unspecified atom stereocenters. The molecule has 56 heavy (non-hydrogen) atoms. The van der Waals surface area contributed by atoms with Crippen LogP contribution in [0.3, 0.4) is 0 Å². The predicted molar refractivity (Wildman–Crippen MR) is 238 cm³/mol. The number of para-hydroxylation sites is 1. The van der Waals surface area contributed by atoms with Crippen LogP contribution in [-0.4, -0.2) is 9.13 Å². The molecule has 3 nitrogen and oxygen atoms in total. The molecule has 0 radical (unpaired) electrons. The van der Waals surface area contributed by atoms with Gasteiger partial charge < -0.3 is 9.13 Å². The van der Waals surface area contributed by atoms with E-state index in [1.165, 1.54) is 54.8 Å². The number of hydrogen-bond donors (Lipinski definition) is 0. The standard InChI is InChI=1S/C53H47N3/c1-33-19-23-48-42(27-33)43-28-34(2)20-24-49(43)55(48)38-14-11-13-35(29-38)39-16-12-17-40(46(39)32-54)41-15-9-10-18-47(41)56-50-25-21-36(52(3,4)5)30-44(50)45-31-37(53(6,7)8)22-26-51(45)56/h9-31H,1-8H3. The molecule has 0 atom stereocenters. The fourth-order valence-corrected chi connectivity index (χ4v) is 8.59. The summed E-state index contributed by atoms with van der Waals surface area (Å²) < 4.78 is 4.76. The van der Waals surface area contributed by atoms with Gasteiger partial charge in [-0.2, -0.15) is 5.26 Å². The summed E-state index contributed by atoms with van der Waals surface area (Å²) >= 11 is 0. The number of fused-ring (bicyclic) bond motifs is 6. The minimum absolute atomic E-state index is 0.0151. The quantitative estimate of drug-likeness (QED) is 0.178. The van der Waals surface area contributed by atoms with E-state index in [4.69, 9.17) is 0 Å². The summed E-state index contributed by atoms with van der Waals surface area (Å²) in [5.74, 6) is 0. The van der Waals surface area contributed by atoms with Gasteiger partial charge in [0.2, 0.25) is 0 Å². The van der Waals surface area contributed by atoms with Gasteiger partial charge in [0.05, 0.1) is 33.3 Å². The van der Waals surface area contributed by atoms with Crippen molar-refractivity contribution < 1.29 is 0 Å². The summed E-state index contributed by atoms with van der Waals surface area (Å²) in [5.41, 5.74) is 16.5. The van der Waals surface area contributed by atoms with Gasteiger partial charge in [-0.3, -0.25) is 0 Å². The van der Waals surface area contributed by atoms with E-state index in [1.807, 2.05) is 0 Å². The summed E-state index contributed by atoms with van der Waals surface area (Å²) in [4.78, 5) is 0. The Morgan fingerprint density at radius 3 is 1.50 bits per heavy atom. The van der Waals surface area contributed by atoms with E-state index in [1.54, 1.807) is 0 Å². The van der Waals surface area contributed by atoms with Crippen molar-refractivity contribution in [2.24, 2.45) is 0 Å². The molecule has 9 rings (SSSR count). The second kappa shape index (κ2) is 12.9. The van der Waals surface area contributed by atoms with Crippen LogP contribution in [0, 0.1) is 25.2 Å². The molecular weight excluding hydrogens is 679 g/mol. The van der Waals surface area contributed by atoms with E-state index >= 15 is 0 Å². The molecule has 0 aliphatic heterocycles. The Morgan fingerprint density at radius 1 is 0.446 bits per heavy atom. The topological polar surface area (TPSA) is 33.6 Å². The molecule has 2 heterocycles. The third-order valence-corrected chi connectivity index (χ3v) is 11.6. The van der Waals surface area contributed by atoms with Crippen LogP contribution < -0.4 is 0 Å². The Labute approximate surface area is 330 Å². The molecule has 274 valence electrons. The first-order chi connectivity index (χ1) is 26.8. The number of nitriles is 1. The van der Waals surface area contributed by atoms with Crippen molar-refractivity contribution in [2.45, 2.75) is 66.2 Å². The molecule has 0 amide bonds. The monoisotopic (exact) mass is 725 g/mol. The summed E-state index contributed by atoms with van der Waals surface area (Å²) in [6.07, 6.45) is 0. The first kappa shape index (κ1) is 35.3. The SMILES string of the molecule is Cc1ccc2c(c1)c1cc(C)ccc1n2-c1cccc(-c2cccc(-c3ccccc3-n3c4ccc(C(C)(C)C)cc4c4cc(C(C)(C)C)ccc43)c2C#N)c1. The van der Waals surface area contributed by atoms with E-state index < -0.39 is 0 Å². The Bertz CT molecular complexity index is 2940. The molecule has 0 aliphatic carbocycles. The van der Waals surface area contributed by atoms with Crippen molar-refractivity contribution in [3.05, 3.63) is 167 Å². The zero-order valence-electron chi connectivity index (χ0n) is 33.6. The summed E-state index contributed by atoms with van der Waals surface area (Å²) in [7, 11) is 0. The number of rotatable bonds is 4. The first-order valence-corrected chi connectivity index (χ1v) is 19.7. The van der Waals surface area contributed by atoms with Crippen molar-refractivity contribution in [2.75, 3.05) is 0 Å². The van der Waals surface area contributed by atoms with Crippen LogP contribution in [-0.2, 0) is 10.8 Å². The zero-order chi connectivity index (χ0) is 39.1. The maximum atomic E-state index is 11.0. The molecule has 2 aromatic heterocycles. The molecule has 0 N–H and O–H groups in total. The Kier molecular flexibility index (Phi) is 8.11. The molecule has 0 fully saturated rings. The van der Waals surface area contributed by atoms with E-state index in [-0.39, 0.29) is 10.8 Å². The van der Waals surface area contributed by atoms with Gasteiger partial charge in [0.1, 0.15) is 6.07 Å². The van der Waals surface area contributed by atoms with Crippen LogP contribution in [0.1, 0.15) is 69.4 Å². The lowest BCUT2D eigenvalue weighted by atomic mass is 9.85. The van der Waals surface area contributed by atoms with Crippen LogP contribution in [0.15, 0.2) is 140 Å². The highest BCUT2D eigenvalue weighted by atomic mass is 15.0. The van der Waals surface area contributed by atoms with Gasteiger partial charge in [-0.25, -0.2) is 0 Å². The Morgan fingerprint density at radius 2 is 0.929 bits per heavy atom. The lowest BCUT2D eigenvalue weighted by Gasteiger charge is -2.19. The van der Waals surface area contributed by atoms with Crippen molar-refractivity contribution >= 4 is 43.6 Å². The minimum atomic E-state index is 0.0151. The Hall–Kier alpha value is -6.37. The number of aromatic nitrogens is 2. The van der Waals surface area contributed by atoms with Crippen LogP contribution in [0.5, 0.6) is 0 Å². The molecule has 0 aliphatic rings. The predicted octanol–water partition coefficient (Wildman–Crippen LogP) is 14.3. The third kappa shape index (κ3) is 5.71. The smallest absolute Gasteiger partial charge is 0.100 e. The third-order valence-electron chi connectivity index (χ3n) is 11.6.